The summed E-state index contributed by atoms with van der Waals surface area (Å²) in [6, 6.07) is 3.77. The zero-order valence-corrected chi connectivity index (χ0v) is 14.6. The predicted octanol–water partition coefficient (Wildman–Crippen LogP) is 1.82. The molecule has 0 aliphatic carbocycles. The molecule has 0 aromatic carbocycles. The van der Waals surface area contributed by atoms with Crippen molar-refractivity contribution in [3.63, 3.8) is 0 Å². The van der Waals surface area contributed by atoms with E-state index in [1.165, 1.54) is 4.88 Å². The molecule has 0 bridgehead atoms. The fraction of sp³-hybridized carbons (Fsp3) is 0.412. The Balaban J connectivity index is 1.53. The Morgan fingerprint density at radius 2 is 2.12 bits per heavy atom. The monoisotopic (exact) mass is 344 g/mol. The zero-order chi connectivity index (χ0) is 17.1. The summed E-state index contributed by atoms with van der Waals surface area (Å²) < 4.78 is 0. The average Bonchev–Trinajstić information content (AvgIpc) is 3.09. The van der Waals surface area contributed by atoms with Crippen molar-refractivity contribution in [3.05, 3.63) is 45.7 Å². The summed E-state index contributed by atoms with van der Waals surface area (Å²) in [7, 11) is 0. The molecule has 3 heterocycles. The molecule has 2 aromatic heterocycles. The van der Waals surface area contributed by atoms with E-state index in [9.17, 15) is 9.59 Å². The van der Waals surface area contributed by atoms with E-state index < -0.39 is 0 Å². The summed E-state index contributed by atoms with van der Waals surface area (Å²) in [5.41, 5.74) is 2.02. The average molecular weight is 344 g/mol. The molecular weight excluding hydrogens is 324 g/mol. The van der Waals surface area contributed by atoms with Gasteiger partial charge in [0.1, 0.15) is 5.01 Å². The Labute approximate surface area is 144 Å². The van der Waals surface area contributed by atoms with Gasteiger partial charge in [-0.2, -0.15) is 0 Å². The van der Waals surface area contributed by atoms with Crippen LogP contribution in [0, 0.1) is 19.8 Å². The third kappa shape index (κ3) is 3.79. The van der Waals surface area contributed by atoms with Gasteiger partial charge in [0.05, 0.1) is 18.2 Å². The Bertz CT molecular complexity index is 725. The van der Waals surface area contributed by atoms with Crippen LogP contribution in [-0.2, 0) is 22.7 Å². The van der Waals surface area contributed by atoms with Crippen molar-refractivity contribution in [2.75, 3.05) is 6.54 Å². The lowest BCUT2D eigenvalue weighted by molar-refractivity contribution is -0.129. The van der Waals surface area contributed by atoms with Crippen LogP contribution >= 0.6 is 11.3 Å². The number of aromatic nitrogens is 2. The van der Waals surface area contributed by atoms with Gasteiger partial charge < -0.3 is 10.2 Å². The third-order valence-corrected chi connectivity index (χ3v) is 5.27. The van der Waals surface area contributed by atoms with Gasteiger partial charge in [-0.05, 0) is 31.5 Å². The molecule has 24 heavy (non-hydrogen) atoms. The number of nitrogens with zero attached hydrogens (tertiary/aromatic N) is 3. The second-order valence-electron chi connectivity index (χ2n) is 6.00. The van der Waals surface area contributed by atoms with Gasteiger partial charge >= 0.3 is 0 Å². The molecule has 0 spiro atoms. The van der Waals surface area contributed by atoms with Crippen molar-refractivity contribution >= 4 is 23.2 Å². The molecule has 1 saturated heterocycles. The maximum atomic E-state index is 12.3. The predicted molar refractivity (Wildman–Crippen MR) is 91.2 cm³/mol. The maximum Gasteiger partial charge on any atom is 0.225 e. The van der Waals surface area contributed by atoms with Gasteiger partial charge in [0.25, 0.3) is 0 Å². The van der Waals surface area contributed by atoms with E-state index in [1.54, 1.807) is 28.6 Å². The van der Waals surface area contributed by atoms with Gasteiger partial charge in [0.2, 0.25) is 11.8 Å². The largest absolute Gasteiger partial charge is 0.349 e. The van der Waals surface area contributed by atoms with E-state index in [2.05, 4.69) is 15.3 Å². The molecule has 2 aromatic rings. The van der Waals surface area contributed by atoms with Gasteiger partial charge in [-0.1, -0.05) is 0 Å². The summed E-state index contributed by atoms with van der Waals surface area (Å²) >= 11 is 1.59. The number of carbonyl (C=O) groups excluding carboxylic acids is 2. The van der Waals surface area contributed by atoms with E-state index in [0.717, 1.165) is 16.3 Å². The number of amides is 2. The second-order valence-corrected chi connectivity index (χ2v) is 7.29. The SMILES string of the molecule is Cc1nc(CNC(=O)C2CC(=O)N(Cc3ccncc3)C2)sc1C. The number of hydrogen-bond acceptors (Lipinski definition) is 5. The molecule has 0 saturated carbocycles. The van der Waals surface area contributed by atoms with Crippen molar-refractivity contribution in [2.45, 2.75) is 33.4 Å². The summed E-state index contributed by atoms with van der Waals surface area (Å²) in [6.07, 6.45) is 3.68. The minimum absolute atomic E-state index is 0.0212. The Morgan fingerprint density at radius 3 is 2.79 bits per heavy atom. The number of pyridine rings is 1. The second kappa shape index (κ2) is 7.09. The quantitative estimate of drug-likeness (QED) is 0.898. The van der Waals surface area contributed by atoms with E-state index in [1.807, 2.05) is 26.0 Å². The molecule has 3 rings (SSSR count). The van der Waals surface area contributed by atoms with Crippen molar-refractivity contribution < 1.29 is 9.59 Å². The van der Waals surface area contributed by atoms with Crippen molar-refractivity contribution in [1.82, 2.24) is 20.2 Å². The molecule has 2 amide bonds. The highest BCUT2D eigenvalue weighted by Gasteiger charge is 2.34. The lowest BCUT2D eigenvalue weighted by Gasteiger charge is -2.16. The molecule has 1 atom stereocenters. The number of carbonyl (C=O) groups is 2. The van der Waals surface area contributed by atoms with Gasteiger partial charge in [-0.15, -0.1) is 11.3 Å². The minimum Gasteiger partial charge on any atom is -0.349 e. The van der Waals surface area contributed by atoms with Crippen LogP contribution in [0.4, 0.5) is 0 Å². The topological polar surface area (TPSA) is 75.2 Å². The third-order valence-electron chi connectivity index (χ3n) is 4.19. The van der Waals surface area contributed by atoms with Gasteiger partial charge in [0.15, 0.2) is 0 Å². The molecule has 1 fully saturated rings. The molecule has 1 aliphatic heterocycles. The first-order valence-electron chi connectivity index (χ1n) is 7.90. The lowest BCUT2D eigenvalue weighted by atomic mass is 10.1. The molecule has 126 valence electrons. The fourth-order valence-electron chi connectivity index (χ4n) is 2.73. The minimum atomic E-state index is -0.290. The highest BCUT2D eigenvalue weighted by molar-refractivity contribution is 7.11. The van der Waals surface area contributed by atoms with E-state index in [-0.39, 0.29) is 24.2 Å². The molecule has 1 unspecified atom stereocenters. The summed E-state index contributed by atoms with van der Waals surface area (Å²) in [5.74, 6) is -0.347. The van der Waals surface area contributed by atoms with Crippen LogP contribution in [0.1, 0.15) is 27.6 Å². The van der Waals surface area contributed by atoms with Crippen LogP contribution < -0.4 is 5.32 Å². The molecule has 7 heteroatoms. The summed E-state index contributed by atoms with van der Waals surface area (Å²) in [5, 5.41) is 3.81. The molecule has 0 radical (unpaired) electrons. The first-order chi connectivity index (χ1) is 11.5. The number of thiazole rings is 1. The Kier molecular flexibility index (Phi) is 4.89. The van der Waals surface area contributed by atoms with Crippen molar-refractivity contribution in [2.24, 2.45) is 5.92 Å². The van der Waals surface area contributed by atoms with Crippen molar-refractivity contribution in [3.8, 4) is 0 Å². The van der Waals surface area contributed by atoms with Crippen LogP contribution in [0.25, 0.3) is 0 Å². The van der Waals surface area contributed by atoms with Crippen LogP contribution in [0.15, 0.2) is 24.5 Å². The Morgan fingerprint density at radius 1 is 1.38 bits per heavy atom. The fourth-order valence-corrected chi connectivity index (χ4v) is 3.60. The summed E-state index contributed by atoms with van der Waals surface area (Å²) in [4.78, 5) is 35.8. The maximum absolute atomic E-state index is 12.3. The van der Waals surface area contributed by atoms with E-state index in [0.29, 0.717) is 19.6 Å². The zero-order valence-electron chi connectivity index (χ0n) is 13.8. The van der Waals surface area contributed by atoms with E-state index >= 15 is 0 Å². The van der Waals surface area contributed by atoms with Crippen LogP contribution in [-0.4, -0.2) is 33.2 Å². The number of aryl methyl sites for hydroxylation is 2. The number of rotatable bonds is 5. The Hall–Kier alpha value is -2.28. The lowest BCUT2D eigenvalue weighted by Crippen LogP contribution is -2.32. The van der Waals surface area contributed by atoms with Gasteiger partial charge in [-0.25, -0.2) is 4.98 Å². The number of likely N-dealkylation sites (tertiary alicyclic amines) is 1. The van der Waals surface area contributed by atoms with Crippen LogP contribution in [0.5, 0.6) is 0 Å². The normalized spacial score (nSPS) is 17.3. The summed E-state index contributed by atoms with van der Waals surface area (Å²) in [6.45, 7) is 5.39. The molecule has 1 aliphatic rings. The molecule has 1 N–H and O–H groups in total. The van der Waals surface area contributed by atoms with Crippen molar-refractivity contribution in [1.29, 1.82) is 0 Å². The standard InChI is InChI=1S/C17H20N4O2S/c1-11-12(2)24-15(20-11)8-19-17(23)14-7-16(22)21(10-14)9-13-3-5-18-6-4-13/h3-6,14H,7-10H2,1-2H3,(H,19,23). The van der Waals surface area contributed by atoms with Crippen LogP contribution in [0.3, 0.4) is 0 Å². The highest BCUT2D eigenvalue weighted by atomic mass is 32.1. The number of hydrogen-bond donors (Lipinski definition) is 1. The van der Waals surface area contributed by atoms with E-state index in [4.69, 9.17) is 0 Å². The highest BCUT2D eigenvalue weighted by Crippen LogP contribution is 2.21. The molecular formula is C17H20N4O2S. The number of nitrogens with one attached hydrogen (secondary N) is 1. The molecule has 6 nitrogen and oxygen atoms in total. The van der Waals surface area contributed by atoms with Gasteiger partial charge in [0, 0.05) is 36.8 Å². The van der Waals surface area contributed by atoms with Crippen LogP contribution in [0.2, 0.25) is 0 Å². The first kappa shape index (κ1) is 16.6. The first-order valence-corrected chi connectivity index (χ1v) is 8.72. The smallest absolute Gasteiger partial charge is 0.225 e. The van der Waals surface area contributed by atoms with Gasteiger partial charge in [-0.3, -0.25) is 14.6 Å².